The van der Waals surface area contributed by atoms with E-state index >= 15 is 0 Å². The molecule has 0 spiro atoms. The largest absolute Gasteiger partial charge is 0.386 e. The fourth-order valence-corrected chi connectivity index (χ4v) is 4.56. The predicted molar refractivity (Wildman–Crippen MR) is 130 cm³/mol. The molecular weight excluding hydrogens is 377 g/mol. The Morgan fingerprint density at radius 1 is 1.21 bits per heavy atom. The SMILES string of the molecule is CC/C=C/C(P)C(N)=Nc1ccc(N2CCC(N3CCN(C)CC3)CC2)c(C)c1. The molecule has 2 saturated heterocycles. The first-order valence-electron chi connectivity index (χ1n) is 11.0. The molecule has 0 saturated carbocycles. The van der Waals surface area contributed by atoms with E-state index in [2.05, 4.69) is 80.2 Å². The van der Waals surface area contributed by atoms with Crippen molar-refractivity contribution in [3.63, 3.8) is 0 Å². The van der Waals surface area contributed by atoms with Gasteiger partial charge in [-0.3, -0.25) is 4.90 Å². The monoisotopic (exact) mass is 415 g/mol. The molecule has 0 aliphatic carbocycles. The maximum atomic E-state index is 6.18. The van der Waals surface area contributed by atoms with Crippen LogP contribution in [0.3, 0.4) is 0 Å². The van der Waals surface area contributed by atoms with Gasteiger partial charge in [-0.1, -0.05) is 19.1 Å². The summed E-state index contributed by atoms with van der Waals surface area (Å²) in [6.07, 6.45) is 7.75. The highest BCUT2D eigenvalue weighted by Gasteiger charge is 2.27. The quantitative estimate of drug-likeness (QED) is 0.335. The molecule has 5 nitrogen and oxygen atoms in total. The van der Waals surface area contributed by atoms with Crippen LogP contribution in [-0.2, 0) is 0 Å². The van der Waals surface area contributed by atoms with Gasteiger partial charge in [0.15, 0.2) is 0 Å². The number of piperazine rings is 1. The van der Waals surface area contributed by atoms with Crippen LogP contribution in [0.5, 0.6) is 0 Å². The highest BCUT2D eigenvalue weighted by molar-refractivity contribution is 7.19. The van der Waals surface area contributed by atoms with Crippen molar-refractivity contribution in [3.8, 4) is 0 Å². The van der Waals surface area contributed by atoms with Gasteiger partial charge in [0.1, 0.15) is 5.84 Å². The first-order chi connectivity index (χ1) is 14.0. The van der Waals surface area contributed by atoms with Crippen LogP contribution in [-0.4, -0.2) is 73.7 Å². The van der Waals surface area contributed by atoms with Gasteiger partial charge in [0, 0.05) is 56.7 Å². The molecule has 0 radical (unpaired) electrons. The lowest BCUT2D eigenvalue weighted by molar-refractivity contribution is 0.0982. The lowest BCUT2D eigenvalue weighted by Crippen LogP contribution is -2.52. The second kappa shape index (κ2) is 10.6. The van der Waals surface area contributed by atoms with Crippen LogP contribution < -0.4 is 10.6 Å². The van der Waals surface area contributed by atoms with Crippen LogP contribution in [0.25, 0.3) is 0 Å². The minimum Gasteiger partial charge on any atom is -0.386 e. The standard InChI is InChI=1S/C23H38N5P/c1-4-5-6-22(29)23(24)25-19-7-8-21(18(2)17-19)28-11-9-20(10-12-28)27-15-13-26(3)14-16-27/h5-8,17,20,22H,4,9-16,29H2,1-3H3,(H2,24,25)/b6-5+. The number of benzene rings is 1. The molecule has 2 atom stereocenters. The van der Waals surface area contributed by atoms with Gasteiger partial charge >= 0.3 is 0 Å². The van der Waals surface area contributed by atoms with Crippen LogP contribution in [0.2, 0.25) is 0 Å². The molecule has 2 unspecified atom stereocenters. The van der Waals surface area contributed by atoms with E-state index in [0.717, 1.165) is 31.2 Å². The van der Waals surface area contributed by atoms with E-state index in [4.69, 9.17) is 5.73 Å². The molecule has 0 bridgehead atoms. The molecule has 0 amide bonds. The van der Waals surface area contributed by atoms with Crippen LogP contribution in [0.15, 0.2) is 35.3 Å². The molecule has 1 aromatic rings. The van der Waals surface area contributed by atoms with Gasteiger partial charge in [0.2, 0.25) is 0 Å². The number of likely N-dealkylation sites (N-methyl/N-ethyl adjacent to an activating group) is 1. The van der Waals surface area contributed by atoms with E-state index in [1.165, 1.54) is 50.3 Å². The second-order valence-electron chi connectivity index (χ2n) is 8.43. The van der Waals surface area contributed by atoms with Crippen molar-refractivity contribution in [2.45, 2.75) is 44.8 Å². The van der Waals surface area contributed by atoms with Crippen molar-refractivity contribution < 1.29 is 0 Å². The summed E-state index contributed by atoms with van der Waals surface area (Å²) in [5.74, 6) is 0.639. The van der Waals surface area contributed by atoms with Crippen molar-refractivity contribution in [2.24, 2.45) is 10.7 Å². The van der Waals surface area contributed by atoms with Gasteiger partial charge in [-0.05, 0) is 57.0 Å². The van der Waals surface area contributed by atoms with E-state index < -0.39 is 0 Å². The van der Waals surface area contributed by atoms with Crippen molar-refractivity contribution in [1.29, 1.82) is 0 Å². The Bertz CT molecular complexity index is 716. The zero-order valence-electron chi connectivity index (χ0n) is 18.3. The first kappa shape index (κ1) is 22.3. The number of allylic oxidation sites excluding steroid dienone is 1. The average molecular weight is 416 g/mol. The van der Waals surface area contributed by atoms with E-state index in [1.54, 1.807) is 0 Å². The number of amidine groups is 1. The smallest absolute Gasteiger partial charge is 0.110 e. The number of rotatable bonds is 6. The Labute approximate surface area is 179 Å². The van der Waals surface area contributed by atoms with Gasteiger partial charge in [0.25, 0.3) is 0 Å². The number of nitrogens with zero attached hydrogens (tertiary/aromatic N) is 4. The number of piperidine rings is 1. The number of anilines is 1. The topological polar surface area (TPSA) is 48.1 Å². The highest BCUT2D eigenvalue weighted by atomic mass is 31.0. The van der Waals surface area contributed by atoms with Crippen molar-refractivity contribution in [2.75, 3.05) is 51.2 Å². The molecule has 2 aliphatic rings. The molecule has 1 aromatic carbocycles. The summed E-state index contributed by atoms with van der Waals surface area (Å²) in [6.45, 7) is 11.4. The minimum absolute atomic E-state index is 0.0866. The summed E-state index contributed by atoms with van der Waals surface area (Å²) in [5, 5.41) is 0. The molecule has 6 heteroatoms. The summed E-state index contributed by atoms with van der Waals surface area (Å²) in [4.78, 5) is 12.3. The Hall–Kier alpha value is -1.42. The normalized spacial score (nSPS) is 21.8. The lowest BCUT2D eigenvalue weighted by Gasteiger charge is -2.42. The molecule has 29 heavy (non-hydrogen) atoms. The number of aryl methyl sites for hydroxylation is 1. The number of aliphatic imine (C=N–C) groups is 1. The molecule has 2 N–H and O–H groups in total. The van der Waals surface area contributed by atoms with E-state index in [1.807, 2.05) is 0 Å². The Morgan fingerprint density at radius 3 is 2.52 bits per heavy atom. The van der Waals surface area contributed by atoms with Gasteiger partial charge in [-0.15, -0.1) is 9.24 Å². The Balaban J connectivity index is 1.59. The van der Waals surface area contributed by atoms with Gasteiger partial charge in [0.05, 0.1) is 5.69 Å². The third-order valence-electron chi connectivity index (χ3n) is 6.22. The molecule has 160 valence electrons. The van der Waals surface area contributed by atoms with Crippen LogP contribution >= 0.6 is 9.24 Å². The lowest BCUT2D eigenvalue weighted by atomic mass is 10.0. The molecule has 2 fully saturated rings. The maximum absolute atomic E-state index is 6.18. The molecule has 0 aromatic heterocycles. The summed E-state index contributed by atoms with van der Waals surface area (Å²) in [7, 11) is 4.98. The van der Waals surface area contributed by atoms with E-state index in [-0.39, 0.29) is 5.66 Å². The van der Waals surface area contributed by atoms with E-state index in [0.29, 0.717) is 5.84 Å². The third-order valence-corrected chi connectivity index (χ3v) is 6.78. The van der Waals surface area contributed by atoms with Crippen molar-refractivity contribution >= 4 is 26.5 Å². The molecule has 2 aliphatic heterocycles. The molecular formula is C23H38N5P. The minimum atomic E-state index is 0.0866. The van der Waals surface area contributed by atoms with Crippen LogP contribution in [0.4, 0.5) is 11.4 Å². The number of hydrogen-bond acceptors (Lipinski definition) is 4. The fraction of sp³-hybridized carbons (Fsp3) is 0.609. The van der Waals surface area contributed by atoms with Gasteiger partial charge in [-0.2, -0.15) is 0 Å². The second-order valence-corrected chi connectivity index (χ2v) is 9.15. The van der Waals surface area contributed by atoms with Crippen LogP contribution in [0, 0.1) is 6.92 Å². The summed E-state index contributed by atoms with van der Waals surface area (Å²) in [5.41, 5.74) is 9.82. The zero-order chi connectivity index (χ0) is 20.8. The maximum Gasteiger partial charge on any atom is 0.110 e. The fourth-order valence-electron chi connectivity index (χ4n) is 4.33. The first-order valence-corrected chi connectivity index (χ1v) is 11.7. The van der Waals surface area contributed by atoms with Crippen molar-refractivity contribution in [1.82, 2.24) is 9.80 Å². The van der Waals surface area contributed by atoms with Gasteiger partial charge < -0.3 is 15.5 Å². The Kier molecular flexibility index (Phi) is 8.11. The predicted octanol–water partition coefficient (Wildman–Crippen LogP) is 3.41. The van der Waals surface area contributed by atoms with Crippen LogP contribution in [0.1, 0.15) is 31.7 Å². The van der Waals surface area contributed by atoms with Crippen molar-refractivity contribution in [3.05, 3.63) is 35.9 Å². The van der Waals surface area contributed by atoms with E-state index in [9.17, 15) is 0 Å². The number of hydrogen-bond donors (Lipinski definition) is 1. The summed E-state index contributed by atoms with van der Waals surface area (Å²) < 4.78 is 0. The number of nitrogens with two attached hydrogens (primary N) is 1. The zero-order valence-corrected chi connectivity index (χ0v) is 19.5. The Morgan fingerprint density at radius 2 is 1.90 bits per heavy atom. The summed E-state index contributed by atoms with van der Waals surface area (Å²) >= 11 is 0. The highest BCUT2D eigenvalue weighted by Crippen LogP contribution is 2.29. The molecule has 2 heterocycles. The average Bonchev–Trinajstić information content (AvgIpc) is 2.73. The molecule has 3 rings (SSSR count). The third kappa shape index (κ3) is 6.04. The summed E-state index contributed by atoms with van der Waals surface area (Å²) in [6, 6.07) is 7.23. The van der Waals surface area contributed by atoms with Gasteiger partial charge in [-0.25, -0.2) is 4.99 Å².